The topological polar surface area (TPSA) is 235 Å². The van der Waals surface area contributed by atoms with E-state index < -0.39 is 112 Å². The molecule has 4 heterocycles. The van der Waals surface area contributed by atoms with Crippen molar-refractivity contribution in [3.8, 4) is 0 Å². The summed E-state index contributed by atoms with van der Waals surface area (Å²) in [4.78, 5) is 98.0. The monoisotopic (exact) mass is 956 g/mol. The Bertz CT molecular complexity index is 2350. The highest BCUT2D eigenvalue weighted by atomic mass is 32.2. The van der Waals surface area contributed by atoms with Gasteiger partial charge in [-0.05, 0) is 77.9 Å². The summed E-state index contributed by atoms with van der Waals surface area (Å²) >= 11 is 1.56. The molecule has 2 aliphatic heterocycles. The third-order valence-corrected chi connectivity index (χ3v) is 12.3. The molecule has 66 heavy (non-hydrogen) atoms. The molecule has 0 spiro atoms. The van der Waals surface area contributed by atoms with Crippen LogP contribution in [0.2, 0.25) is 0 Å². The molecule has 2 fully saturated rings. The number of amides is 2. The molecule has 0 aliphatic carbocycles. The maximum atomic E-state index is 16.3. The number of aromatic nitrogens is 4. The van der Waals surface area contributed by atoms with Crippen LogP contribution in [0.25, 0.3) is 0 Å². The normalized spacial score (nSPS) is 22.7. The van der Waals surface area contributed by atoms with Crippen molar-refractivity contribution in [3.05, 3.63) is 117 Å². The average molecular weight is 957 g/mol. The van der Waals surface area contributed by atoms with Gasteiger partial charge in [0, 0.05) is 23.5 Å². The van der Waals surface area contributed by atoms with Crippen LogP contribution in [0, 0.1) is 0 Å². The molecule has 0 saturated carbocycles. The van der Waals surface area contributed by atoms with Crippen LogP contribution in [-0.2, 0) is 28.4 Å². The Balaban J connectivity index is 1.13. The van der Waals surface area contributed by atoms with Crippen LogP contribution < -0.4 is 22.0 Å². The summed E-state index contributed by atoms with van der Waals surface area (Å²) in [5.74, 6) is -1.30. The second-order valence-electron chi connectivity index (χ2n) is 16.6. The van der Waals surface area contributed by atoms with E-state index in [2.05, 4.69) is 20.6 Å². The Kier molecular flexibility index (Phi) is 15.4. The number of hydrogen-bond donors (Lipinski definition) is 2. The van der Waals surface area contributed by atoms with E-state index in [-0.39, 0.29) is 11.6 Å². The van der Waals surface area contributed by atoms with Crippen LogP contribution in [0.15, 0.2) is 94.8 Å². The molecule has 19 nitrogen and oxygen atoms in total. The number of alkyl halides is 2. The van der Waals surface area contributed by atoms with Crippen LogP contribution >= 0.6 is 23.5 Å². The van der Waals surface area contributed by atoms with Gasteiger partial charge in [0.25, 0.3) is 11.8 Å². The van der Waals surface area contributed by atoms with Crippen molar-refractivity contribution in [2.45, 2.75) is 98.5 Å². The zero-order valence-corrected chi connectivity index (χ0v) is 37.9. The maximum Gasteiger partial charge on any atom is 0.509 e. The summed E-state index contributed by atoms with van der Waals surface area (Å²) in [6, 6.07) is 18.9. The van der Waals surface area contributed by atoms with E-state index >= 15 is 8.78 Å². The van der Waals surface area contributed by atoms with Gasteiger partial charge < -0.3 is 39.1 Å². The molecule has 2 saturated heterocycles. The van der Waals surface area contributed by atoms with Gasteiger partial charge in [0.05, 0.1) is 10.5 Å². The van der Waals surface area contributed by atoms with Crippen LogP contribution in [-0.4, -0.2) is 109 Å². The number of anilines is 2. The van der Waals surface area contributed by atoms with Gasteiger partial charge in [0.1, 0.15) is 46.8 Å². The van der Waals surface area contributed by atoms with Crippen LogP contribution in [0.5, 0.6) is 0 Å². The number of carbonyl (C=O) groups is 5. The Morgan fingerprint density at radius 1 is 0.591 bits per heavy atom. The molecular weight excluding hydrogens is 911 g/mol. The predicted molar refractivity (Wildman–Crippen MR) is 236 cm³/mol. The van der Waals surface area contributed by atoms with Crippen molar-refractivity contribution in [2.24, 2.45) is 0 Å². The van der Waals surface area contributed by atoms with Crippen LogP contribution in [0.4, 0.5) is 34.8 Å². The lowest BCUT2D eigenvalue weighted by molar-refractivity contribution is -0.0497. The summed E-state index contributed by atoms with van der Waals surface area (Å²) < 4.78 is 66.2. The first-order valence-electron chi connectivity index (χ1n) is 20.2. The van der Waals surface area contributed by atoms with Gasteiger partial charge >= 0.3 is 29.8 Å². The summed E-state index contributed by atoms with van der Waals surface area (Å²) in [5, 5.41) is -0.0420. The van der Waals surface area contributed by atoms with Crippen molar-refractivity contribution >= 4 is 65.4 Å². The van der Waals surface area contributed by atoms with E-state index in [0.717, 1.165) is 32.7 Å². The molecule has 2 aliphatic rings. The first-order chi connectivity index (χ1) is 31.2. The van der Waals surface area contributed by atoms with E-state index in [1.165, 1.54) is 24.5 Å². The summed E-state index contributed by atoms with van der Waals surface area (Å²) in [5.41, 5.74) is -3.36. The number of halogens is 2. The van der Waals surface area contributed by atoms with Gasteiger partial charge in [-0.25, -0.2) is 32.8 Å². The molecule has 352 valence electrons. The third kappa shape index (κ3) is 12.9. The molecule has 2 amide bonds. The second-order valence-corrected chi connectivity index (χ2v) is 19.4. The number of benzene rings is 2. The molecule has 4 aromatic rings. The number of rotatable bonds is 12. The first kappa shape index (κ1) is 49.0. The smallest absolute Gasteiger partial charge is 0.433 e. The van der Waals surface area contributed by atoms with Crippen LogP contribution in [0.1, 0.15) is 73.0 Å². The Labute approximate surface area is 384 Å². The number of ether oxygens (including phenoxy) is 6. The molecule has 2 aromatic carbocycles. The minimum Gasteiger partial charge on any atom is -0.433 e. The van der Waals surface area contributed by atoms with Gasteiger partial charge in [-0.2, -0.15) is 9.97 Å². The molecule has 2 N–H and O–H groups in total. The second kappa shape index (κ2) is 20.8. The molecule has 2 aromatic heterocycles. The molecule has 0 radical (unpaired) electrons. The van der Waals surface area contributed by atoms with Crippen molar-refractivity contribution < 1.29 is 61.2 Å². The number of hydrogen-bond acceptors (Lipinski definition) is 17. The standard InChI is InChI=1S/C43H46F2N6O13S2/c1-42(2,3)63-40(57)61-31-25(65-35(29(31)44)50-19-17-27(48-37(50)54)46-33(52)23-13-9-7-10-14-23)21-59-39(56)60-22-26-32(62-41(58)64-43(4,5)6)30(45)36(66-26)51-20-18-28(49-38(51)55)47-34(53)24-15-11-8-12-16-24/h7-20,25-26,29-32,35-36H,21-22H2,1-6H3,(H,46,48,52,54)(H,47,49,53,55)/t25-,26-,29+,30+,31-,32-,35-,36-/m1/s1. The Morgan fingerprint density at radius 3 is 1.29 bits per heavy atom. The number of thioether (sulfide) groups is 2. The van der Waals surface area contributed by atoms with E-state index in [9.17, 15) is 33.6 Å². The van der Waals surface area contributed by atoms with Crippen molar-refractivity contribution in [2.75, 3.05) is 23.8 Å². The molecule has 23 heteroatoms. The molecular formula is C43H46F2N6O13S2. The zero-order valence-electron chi connectivity index (χ0n) is 36.3. The highest BCUT2D eigenvalue weighted by Crippen LogP contribution is 2.46. The van der Waals surface area contributed by atoms with Crippen molar-refractivity contribution in [1.82, 2.24) is 19.1 Å². The lowest BCUT2D eigenvalue weighted by Gasteiger charge is -2.24. The lowest BCUT2D eigenvalue weighted by atomic mass is 10.1. The van der Waals surface area contributed by atoms with Gasteiger partial charge in [-0.1, -0.05) is 36.4 Å². The first-order valence-corrected chi connectivity index (χ1v) is 22.1. The van der Waals surface area contributed by atoms with E-state index in [0.29, 0.717) is 11.1 Å². The average Bonchev–Trinajstić information content (AvgIpc) is 3.71. The van der Waals surface area contributed by atoms with Crippen molar-refractivity contribution in [1.29, 1.82) is 0 Å². The van der Waals surface area contributed by atoms with E-state index in [4.69, 9.17) is 28.4 Å². The van der Waals surface area contributed by atoms with Gasteiger partial charge in [-0.15, -0.1) is 23.5 Å². The Morgan fingerprint density at radius 2 is 0.955 bits per heavy atom. The van der Waals surface area contributed by atoms with Crippen LogP contribution in [0.3, 0.4) is 0 Å². The van der Waals surface area contributed by atoms with Gasteiger partial charge in [0.2, 0.25) is 0 Å². The maximum absolute atomic E-state index is 16.3. The number of nitrogens with one attached hydrogen (secondary N) is 2. The number of nitrogens with zero attached hydrogens (tertiary/aromatic N) is 4. The van der Waals surface area contributed by atoms with E-state index in [1.807, 2.05) is 0 Å². The lowest BCUT2D eigenvalue weighted by Crippen LogP contribution is -2.39. The summed E-state index contributed by atoms with van der Waals surface area (Å²) in [6.07, 6.45) is -8.85. The molecule has 0 bridgehead atoms. The summed E-state index contributed by atoms with van der Waals surface area (Å²) in [7, 11) is 0. The predicted octanol–water partition coefficient (Wildman–Crippen LogP) is 6.70. The Hall–Kier alpha value is -6.49. The molecule has 6 rings (SSSR count). The molecule has 8 atom stereocenters. The minimum atomic E-state index is -2.08. The minimum absolute atomic E-state index is 0.108. The van der Waals surface area contributed by atoms with E-state index in [1.54, 1.807) is 102 Å². The molecule has 0 unspecified atom stereocenters. The van der Waals surface area contributed by atoms with Gasteiger partial charge in [-0.3, -0.25) is 18.7 Å². The fraction of sp³-hybridized carbons (Fsp3) is 0.419. The summed E-state index contributed by atoms with van der Waals surface area (Å²) in [6.45, 7) is 8.09. The highest BCUT2D eigenvalue weighted by molar-refractivity contribution is 8.00. The zero-order chi connectivity index (χ0) is 47.9. The SMILES string of the molecule is CC(C)(C)OC(=O)O[C@H]1[C@H](F)[C@H](n2ccc(NC(=O)c3ccccc3)nc2=O)S[C@@H]1COC(=O)OC[C@H]1S[C@@H](n2ccc(NC(=O)c3ccccc3)nc2=O)[C@@H](F)[C@@H]1OC(=O)OC(C)(C)C. The quantitative estimate of drug-likeness (QED) is 0.111. The fourth-order valence-electron chi connectivity index (χ4n) is 6.41. The highest BCUT2D eigenvalue weighted by Gasteiger charge is 2.51. The third-order valence-electron chi connectivity index (χ3n) is 9.27. The van der Waals surface area contributed by atoms with Gasteiger partial charge in [0.15, 0.2) is 24.6 Å². The number of carbonyl (C=O) groups excluding carboxylic acids is 5. The fourth-order valence-corrected chi connectivity index (χ4v) is 9.33. The van der Waals surface area contributed by atoms with Crippen molar-refractivity contribution in [3.63, 3.8) is 0 Å². The largest absolute Gasteiger partial charge is 0.509 e.